The van der Waals surface area contributed by atoms with Crippen LogP contribution in [-0.2, 0) is 4.79 Å². The van der Waals surface area contributed by atoms with Gasteiger partial charge in [0.2, 0.25) is 11.0 Å². The lowest BCUT2D eigenvalue weighted by atomic mass is 10.1. The first kappa shape index (κ1) is 16.6. The molecule has 0 spiro atoms. The Labute approximate surface area is 144 Å². The van der Waals surface area contributed by atoms with Gasteiger partial charge in [-0.3, -0.25) is 14.9 Å². The van der Waals surface area contributed by atoms with Crippen molar-refractivity contribution >= 4 is 34.0 Å². The third-order valence-corrected chi connectivity index (χ3v) is 4.61. The van der Waals surface area contributed by atoms with Crippen LogP contribution in [0, 0.1) is 5.92 Å². The number of rotatable bonds is 6. The molecule has 6 nitrogen and oxygen atoms in total. The fourth-order valence-corrected chi connectivity index (χ4v) is 3.14. The lowest BCUT2D eigenvalue weighted by Crippen LogP contribution is -2.14. The molecule has 3 rings (SSSR count). The highest BCUT2D eigenvalue weighted by atomic mass is 32.1. The van der Waals surface area contributed by atoms with E-state index in [2.05, 4.69) is 20.8 Å². The maximum atomic E-state index is 12.2. The van der Waals surface area contributed by atoms with Gasteiger partial charge in [0.15, 0.2) is 0 Å². The summed E-state index contributed by atoms with van der Waals surface area (Å²) in [5.74, 6) is 0.585. The zero-order chi connectivity index (χ0) is 17.1. The predicted octanol–water partition coefficient (Wildman–Crippen LogP) is 3.65. The maximum Gasteiger partial charge on any atom is 0.257 e. The second kappa shape index (κ2) is 7.09. The van der Waals surface area contributed by atoms with Crippen molar-refractivity contribution in [1.29, 1.82) is 0 Å². The molecular weight excluding hydrogens is 324 g/mol. The highest BCUT2D eigenvalue weighted by Gasteiger charge is 2.27. The number of amides is 2. The van der Waals surface area contributed by atoms with E-state index in [-0.39, 0.29) is 11.8 Å². The number of benzene rings is 1. The van der Waals surface area contributed by atoms with E-state index < -0.39 is 0 Å². The van der Waals surface area contributed by atoms with Crippen molar-refractivity contribution in [3.05, 3.63) is 34.8 Å². The molecule has 126 valence electrons. The van der Waals surface area contributed by atoms with Crippen LogP contribution in [0.1, 0.15) is 54.4 Å². The summed E-state index contributed by atoms with van der Waals surface area (Å²) in [5, 5.41) is 15.2. The summed E-state index contributed by atoms with van der Waals surface area (Å²) < 4.78 is 0. The van der Waals surface area contributed by atoms with Gasteiger partial charge in [-0.2, -0.15) is 0 Å². The lowest BCUT2D eigenvalue weighted by molar-refractivity contribution is -0.116. The Morgan fingerprint density at radius 1 is 1.17 bits per heavy atom. The van der Waals surface area contributed by atoms with Crippen LogP contribution < -0.4 is 10.6 Å². The highest BCUT2D eigenvalue weighted by molar-refractivity contribution is 7.15. The topological polar surface area (TPSA) is 84.0 Å². The van der Waals surface area contributed by atoms with Crippen LogP contribution >= 0.6 is 11.3 Å². The molecule has 2 N–H and O–H groups in total. The number of aromatic nitrogens is 2. The predicted molar refractivity (Wildman–Crippen MR) is 94.4 cm³/mol. The van der Waals surface area contributed by atoms with Crippen molar-refractivity contribution in [3.8, 4) is 0 Å². The van der Waals surface area contributed by atoms with Gasteiger partial charge in [-0.15, -0.1) is 10.2 Å². The minimum Gasteiger partial charge on any atom is -0.326 e. The fourth-order valence-electron chi connectivity index (χ4n) is 2.24. The van der Waals surface area contributed by atoms with Crippen LogP contribution in [-0.4, -0.2) is 22.0 Å². The van der Waals surface area contributed by atoms with E-state index in [1.54, 1.807) is 24.3 Å². The molecule has 1 fully saturated rings. The van der Waals surface area contributed by atoms with Gasteiger partial charge in [0.05, 0.1) is 0 Å². The SMILES string of the molecule is CC(C)CC(=O)Nc1ccc(C(=O)Nc2nnc(C3CC3)s2)cc1. The summed E-state index contributed by atoms with van der Waals surface area (Å²) in [5.41, 5.74) is 1.20. The quantitative estimate of drug-likeness (QED) is 0.838. The molecule has 2 aromatic rings. The molecule has 0 atom stereocenters. The molecule has 1 aromatic heterocycles. The Hall–Kier alpha value is -2.28. The minimum atomic E-state index is -0.228. The van der Waals surface area contributed by atoms with Gasteiger partial charge in [-0.05, 0) is 43.0 Å². The number of carbonyl (C=O) groups excluding carboxylic acids is 2. The van der Waals surface area contributed by atoms with E-state index in [4.69, 9.17) is 0 Å². The van der Waals surface area contributed by atoms with E-state index in [9.17, 15) is 9.59 Å². The van der Waals surface area contributed by atoms with Gasteiger partial charge in [0.25, 0.3) is 5.91 Å². The van der Waals surface area contributed by atoms with Crippen LogP contribution in [0.3, 0.4) is 0 Å². The minimum absolute atomic E-state index is 0.0244. The van der Waals surface area contributed by atoms with Crippen molar-refractivity contribution in [1.82, 2.24) is 10.2 Å². The van der Waals surface area contributed by atoms with Crippen molar-refractivity contribution in [2.24, 2.45) is 5.92 Å². The number of nitrogens with zero attached hydrogens (tertiary/aromatic N) is 2. The molecule has 0 aliphatic heterocycles. The molecule has 1 aliphatic carbocycles. The molecule has 7 heteroatoms. The second-order valence-electron chi connectivity index (χ2n) is 6.40. The Morgan fingerprint density at radius 2 is 1.88 bits per heavy atom. The number of hydrogen-bond donors (Lipinski definition) is 2. The van der Waals surface area contributed by atoms with E-state index in [1.165, 1.54) is 11.3 Å². The lowest BCUT2D eigenvalue weighted by Gasteiger charge is -2.08. The van der Waals surface area contributed by atoms with Gasteiger partial charge in [-0.1, -0.05) is 25.2 Å². The Bertz CT molecular complexity index is 735. The van der Waals surface area contributed by atoms with Crippen LogP contribution in [0.15, 0.2) is 24.3 Å². The Morgan fingerprint density at radius 3 is 2.50 bits per heavy atom. The highest BCUT2D eigenvalue weighted by Crippen LogP contribution is 2.42. The van der Waals surface area contributed by atoms with Crippen molar-refractivity contribution < 1.29 is 9.59 Å². The van der Waals surface area contributed by atoms with Crippen LogP contribution in [0.4, 0.5) is 10.8 Å². The maximum absolute atomic E-state index is 12.2. The third kappa shape index (κ3) is 4.38. The smallest absolute Gasteiger partial charge is 0.257 e. The summed E-state index contributed by atoms with van der Waals surface area (Å²) >= 11 is 1.43. The van der Waals surface area contributed by atoms with E-state index in [1.807, 2.05) is 13.8 Å². The second-order valence-corrected chi connectivity index (χ2v) is 7.41. The molecule has 2 amide bonds. The van der Waals surface area contributed by atoms with Gasteiger partial charge in [0, 0.05) is 23.6 Å². The van der Waals surface area contributed by atoms with Crippen molar-refractivity contribution in [2.75, 3.05) is 10.6 Å². The average Bonchev–Trinajstić information content (AvgIpc) is 3.27. The molecule has 0 unspecified atom stereocenters. The molecule has 24 heavy (non-hydrogen) atoms. The monoisotopic (exact) mass is 344 g/mol. The largest absolute Gasteiger partial charge is 0.326 e. The first-order valence-corrected chi connectivity index (χ1v) is 8.87. The molecule has 0 radical (unpaired) electrons. The number of hydrogen-bond acceptors (Lipinski definition) is 5. The zero-order valence-electron chi connectivity index (χ0n) is 13.7. The van der Waals surface area contributed by atoms with Crippen LogP contribution in [0.2, 0.25) is 0 Å². The summed E-state index contributed by atoms with van der Waals surface area (Å²) in [6.45, 7) is 3.99. The Kier molecular flexibility index (Phi) is 4.89. The summed E-state index contributed by atoms with van der Waals surface area (Å²) in [7, 11) is 0. The first-order chi connectivity index (χ1) is 11.5. The van der Waals surface area contributed by atoms with Crippen molar-refractivity contribution in [3.63, 3.8) is 0 Å². The van der Waals surface area contributed by atoms with Gasteiger partial charge in [-0.25, -0.2) is 0 Å². The molecule has 1 aromatic carbocycles. The summed E-state index contributed by atoms with van der Waals surface area (Å²) in [6.07, 6.45) is 2.79. The first-order valence-electron chi connectivity index (χ1n) is 8.06. The van der Waals surface area contributed by atoms with Gasteiger partial charge >= 0.3 is 0 Å². The zero-order valence-corrected chi connectivity index (χ0v) is 14.5. The summed E-state index contributed by atoms with van der Waals surface area (Å²) in [4.78, 5) is 24.0. The van der Waals surface area contributed by atoms with Crippen molar-refractivity contribution in [2.45, 2.75) is 39.0 Å². The molecule has 0 saturated heterocycles. The standard InChI is InChI=1S/C17H20N4O2S/c1-10(2)9-14(22)18-13-7-5-11(6-8-13)15(23)19-17-21-20-16(24-17)12-3-4-12/h5-8,10,12H,3-4,9H2,1-2H3,(H,18,22)(H,19,21,23). The third-order valence-electron chi connectivity index (χ3n) is 3.61. The van der Waals surface area contributed by atoms with Gasteiger partial charge < -0.3 is 5.32 Å². The number of anilines is 2. The summed E-state index contributed by atoms with van der Waals surface area (Å²) in [6, 6.07) is 6.82. The molecule has 1 heterocycles. The average molecular weight is 344 g/mol. The molecule has 0 bridgehead atoms. The number of nitrogens with one attached hydrogen (secondary N) is 2. The number of carbonyl (C=O) groups is 2. The Balaban J connectivity index is 1.57. The van der Waals surface area contributed by atoms with E-state index >= 15 is 0 Å². The molecule has 1 aliphatic rings. The normalized spacial score (nSPS) is 13.8. The fraction of sp³-hybridized carbons (Fsp3) is 0.412. The molecular formula is C17H20N4O2S. The van der Waals surface area contributed by atoms with Crippen LogP contribution in [0.25, 0.3) is 0 Å². The van der Waals surface area contributed by atoms with Crippen LogP contribution in [0.5, 0.6) is 0 Å². The van der Waals surface area contributed by atoms with E-state index in [0.29, 0.717) is 34.6 Å². The molecule has 1 saturated carbocycles. The van der Waals surface area contributed by atoms with Gasteiger partial charge in [0.1, 0.15) is 5.01 Å². The van der Waals surface area contributed by atoms with E-state index in [0.717, 1.165) is 17.8 Å².